The van der Waals surface area contributed by atoms with E-state index in [1.165, 1.54) is 7.05 Å². The number of urea groups is 1. The van der Waals surface area contributed by atoms with Gasteiger partial charge in [0.2, 0.25) is 5.91 Å². The molecule has 0 radical (unpaired) electrons. The highest BCUT2D eigenvalue weighted by Crippen LogP contribution is 2.28. The van der Waals surface area contributed by atoms with E-state index in [1.54, 1.807) is 11.8 Å². The lowest BCUT2D eigenvalue weighted by Gasteiger charge is -2.25. The monoisotopic (exact) mass is 243 g/mol. The van der Waals surface area contributed by atoms with Crippen LogP contribution in [-0.4, -0.2) is 53.6 Å². The van der Waals surface area contributed by atoms with Gasteiger partial charge in [0.15, 0.2) is 0 Å². The number of imide groups is 1. The number of nitrogens with zero attached hydrogens (tertiary/aromatic N) is 1. The number of nitrogens with one attached hydrogen (secondary N) is 2. The van der Waals surface area contributed by atoms with Crippen molar-refractivity contribution < 1.29 is 19.5 Å². The van der Waals surface area contributed by atoms with Crippen LogP contribution < -0.4 is 10.6 Å². The topological polar surface area (TPSA) is 98.7 Å². The van der Waals surface area contributed by atoms with Gasteiger partial charge in [0.25, 0.3) is 0 Å². The van der Waals surface area contributed by atoms with E-state index in [9.17, 15) is 14.4 Å². The van der Waals surface area contributed by atoms with E-state index in [2.05, 4.69) is 10.6 Å². The molecule has 1 rings (SSSR count). The fraction of sp³-hybridized carbons (Fsp3) is 0.700. The average Bonchev–Trinajstić information content (AvgIpc) is 3.08. The molecular formula is C10H17N3O4. The molecule has 1 saturated carbocycles. The number of carbonyl (C=O) groups is 3. The second kappa shape index (κ2) is 5.62. The molecule has 1 atom stereocenters. The number of carboxylic acid groups (broad SMARTS) is 1. The van der Waals surface area contributed by atoms with Crippen molar-refractivity contribution in [2.45, 2.75) is 31.8 Å². The highest BCUT2D eigenvalue weighted by molar-refractivity contribution is 5.96. The van der Waals surface area contributed by atoms with Gasteiger partial charge in [-0.25, -0.2) is 4.79 Å². The van der Waals surface area contributed by atoms with Crippen LogP contribution in [0.5, 0.6) is 0 Å². The fourth-order valence-corrected chi connectivity index (χ4v) is 1.57. The zero-order valence-electron chi connectivity index (χ0n) is 9.90. The summed E-state index contributed by atoms with van der Waals surface area (Å²) in [4.78, 5) is 34.9. The molecule has 1 unspecified atom stereocenters. The number of carboxylic acids is 1. The first-order chi connectivity index (χ1) is 7.95. The Labute approximate surface area is 99.2 Å². The molecule has 0 spiro atoms. The van der Waals surface area contributed by atoms with Crippen molar-refractivity contribution in [1.82, 2.24) is 15.5 Å². The summed E-state index contributed by atoms with van der Waals surface area (Å²) in [6, 6.07) is -1.08. The molecule has 7 heteroatoms. The first-order valence-electron chi connectivity index (χ1n) is 5.45. The van der Waals surface area contributed by atoms with E-state index in [0.717, 1.165) is 12.8 Å². The van der Waals surface area contributed by atoms with Crippen LogP contribution in [0.4, 0.5) is 4.79 Å². The molecule has 17 heavy (non-hydrogen) atoms. The number of aliphatic carboxylic acids is 1. The quantitative estimate of drug-likeness (QED) is 0.597. The highest BCUT2D eigenvalue weighted by atomic mass is 16.4. The normalized spacial score (nSPS) is 16.4. The van der Waals surface area contributed by atoms with Gasteiger partial charge >= 0.3 is 12.0 Å². The lowest BCUT2D eigenvalue weighted by molar-refractivity contribution is -0.140. The van der Waals surface area contributed by atoms with E-state index >= 15 is 0 Å². The predicted molar refractivity (Wildman–Crippen MR) is 59.4 cm³/mol. The summed E-state index contributed by atoms with van der Waals surface area (Å²) >= 11 is 0. The first-order valence-corrected chi connectivity index (χ1v) is 5.45. The van der Waals surface area contributed by atoms with E-state index < -0.39 is 23.9 Å². The van der Waals surface area contributed by atoms with Crippen molar-refractivity contribution in [2.24, 2.45) is 0 Å². The van der Waals surface area contributed by atoms with Crippen LogP contribution in [0.2, 0.25) is 0 Å². The number of hydrogen-bond acceptors (Lipinski definition) is 4. The molecule has 3 amide bonds. The van der Waals surface area contributed by atoms with Gasteiger partial charge in [-0.1, -0.05) is 0 Å². The minimum absolute atomic E-state index is 0.136. The average molecular weight is 243 g/mol. The third-order valence-electron chi connectivity index (χ3n) is 2.67. The van der Waals surface area contributed by atoms with E-state index in [4.69, 9.17) is 5.11 Å². The summed E-state index contributed by atoms with van der Waals surface area (Å²) in [7, 11) is 1.41. The van der Waals surface area contributed by atoms with Crippen molar-refractivity contribution in [3.05, 3.63) is 0 Å². The van der Waals surface area contributed by atoms with Crippen LogP contribution in [0.1, 0.15) is 19.8 Å². The molecule has 0 aliphatic heterocycles. The molecule has 0 saturated heterocycles. The molecule has 0 bridgehead atoms. The van der Waals surface area contributed by atoms with E-state index in [0.29, 0.717) is 0 Å². The Morgan fingerprint density at radius 2 is 2.00 bits per heavy atom. The summed E-state index contributed by atoms with van der Waals surface area (Å²) in [5.41, 5.74) is 0. The molecule has 7 nitrogen and oxygen atoms in total. The zero-order chi connectivity index (χ0) is 13.0. The number of carbonyl (C=O) groups excluding carboxylic acids is 2. The fourth-order valence-electron chi connectivity index (χ4n) is 1.57. The van der Waals surface area contributed by atoms with E-state index in [1.807, 2.05) is 0 Å². The van der Waals surface area contributed by atoms with Gasteiger partial charge in [-0.3, -0.25) is 19.8 Å². The van der Waals surface area contributed by atoms with Gasteiger partial charge in [0.05, 0.1) is 12.6 Å². The minimum Gasteiger partial charge on any atom is -0.480 e. The SMILES string of the molecule is CNC(=O)NC(=O)C(C)N(CC(=O)O)C1CC1. The maximum Gasteiger partial charge on any atom is 0.321 e. The van der Waals surface area contributed by atoms with Crippen LogP contribution in [-0.2, 0) is 9.59 Å². The summed E-state index contributed by atoms with van der Waals surface area (Å²) in [5.74, 6) is -1.46. The van der Waals surface area contributed by atoms with Gasteiger partial charge in [-0.15, -0.1) is 0 Å². The number of amides is 3. The summed E-state index contributed by atoms with van der Waals surface area (Å²) < 4.78 is 0. The third kappa shape index (κ3) is 4.03. The third-order valence-corrected chi connectivity index (χ3v) is 2.67. The maximum atomic E-state index is 11.7. The Morgan fingerprint density at radius 1 is 1.41 bits per heavy atom. The van der Waals surface area contributed by atoms with Gasteiger partial charge in [0.1, 0.15) is 0 Å². The molecule has 0 aromatic carbocycles. The lowest BCUT2D eigenvalue weighted by Crippen LogP contribution is -2.51. The molecule has 96 valence electrons. The molecule has 0 aromatic rings. The Balaban J connectivity index is 2.57. The zero-order valence-corrected chi connectivity index (χ0v) is 9.90. The van der Waals surface area contributed by atoms with Crippen LogP contribution in [0.25, 0.3) is 0 Å². The van der Waals surface area contributed by atoms with Crippen molar-refractivity contribution in [1.29, 1.82) is 0 Å². The second-order valence-corrected chi connectivity index (χ2v) is 4.04. The lowest BCUT2D eigenvalue weighted by atomic mass is 10.2. The van der Waals surface area contributed by atoms with Gasteiger partial charge in [0, 0.05) is 13.1 Å². The van der Waals surface area contributed by atoms with Crippen LogP contribution in [0.3, 0.4) is 0 Å². The minimum atomic E-state index is -0.975. The van der Waals surface area contributed by atoms with Gasteiger partial charge < -0.3 is 10.4 Å². The molecule has 1 fully saturated rings. The summed E-state index contributed by atoms with van der Waals surface area (Å²) in [6.45, 7) is 1.41. The second-order valence-electron chi connectivity index (χ2n) is 4.04. The largest absolute Gasteiger partial charge is 0.480 e. The Hall–Kier alpha value is -1.63. The maximum absolute atomic E-state index is 11.7. The van der Waals surface area contributed by atoms with Gasteiger partial charge in [-0.2, -0.15) is 0 Å². The Kier molecular flexibility index (Phi) is 4.45. The number of hydrogen-bond donors (Lipinski definition) is 3. The highest BCUT2D eigenvalue weighted by Gasteiger charge is 2.36. The molecule has 0 aromatic heterocycles. The number of rotatable bonds is 5. The summed E-state index contributed by atoms with van der Waals surface area (Å²) in [6.07, 6.45) is 1.79. The van der Waals surface area contributed by atoms with Crippen LogP contribution >= 0.6 is 0 Å². The first kappa shape index (κ1) is 13.4. The standard InChI is InChI=1S/C10H17N3O4/c1-6(9(16)12-10(17)11-2)13(5-8(14)15)7-3-4-7/h6-7H,3-5H2,1-2H3,(H,14,15)(H2,11,12,16,17). The molecular weight excluding hydrogens is 226 g/mol. The van der Waals surface area contributed by atoms with Crippen molar-refractivity contribution in [2.75, 3.05) is 13.6 Å². The van der Waals surface area contributed by atoms with Crippen LogP contribution in [0.15, 0.2) is 0 Å². The summed E-state index contributed by atoms with van der Waals surface area (Å²) in [5, 5.41) is 13.2. The van der Waals surface area contributed by atoms with E-state index in [-0.39, 0.29) is 12.6 Å². The molecule has 3 N–H and O–H groups in total. The van der Waals surface area contributed by atoms with Crippen molar-refractivity contribution >= 4 is 17.9 Å². The molecule has 1 aliphatic carbocycles. The molecule has 0 heterocycles. The Bertz CT molecular complexity index is 328. The smallest absolute Gasteiger partial charge is 0.321 e. The molecule has 1 aliphatic rings. The van der Waals surface area contributed by atoms with Crippen molar-refractivity contribution in [3.63, 3.8) is 0 Å². The van der Waals surface area contributed by atoms with Gasteiger partial charge in [-0.05, 0) is 19.8 Å². The predicted octanol–water partition coefficient (Wildman–Crippen LogP) is -0.620. The van der Waals surface area contributed by atoms with Crippen LogP contribution in [0, 0.1) is 0 Å². The van der Waals surface area contributed by atoms with Crippen molar-refractivity contribution in [3.8, 4) is 0 Å². The Morgan fingerprint density at radius 3 is 2.41 bits per heavy atom.